The van der Waals surface area contributed by atoms with Gasteiger partial charge >= 0.3 is 6.03 Å². The van der Waals surface area contributed by atoms with E-state index in [2.05, 4.69) is 24.5 Å². The fourth-order valence-electron chi connectivity index (χ4n) is 1.97. The third kappa shape index (κ3) is 2.35. The first-order chi connectivity index (χ1) is 8.11. The summed E-state index contributed by atoms with van der Waals surface area (Å²) in [5.74, 6) is 0.459. The maximum Gasteiger partial charge on any atom is 0.322 e. The van der Waals surface area contributed by atoms with E-state index in [-0.39, 0.29) is 12.1 Å². The zero-order valence-electron chi connectivity index (χ0n) is 10.5. The van der Waals surface area contributed by atoms with Crippen molar-refractivity contribution in [3.63, 3.8) is 0 Å². The van der Waals surface area contributed by atoms with Crippen molar-refractivity contribution in [1.29, 1.82) is 0 Å². The van der Waals surface area contributed by atoms with E-state index in [9.17, 15) is 4.79 Å². The Hall–Kier alpha value is -1.71. The first-order valence-electron chi connectivity index (χ1n) is 5.97. The van der Waals surface area contributed by atoms with Crippen molar-refractivity contribution >= 4 is 17.4 Å². The highest BCUT2D eigenvalue weighted by Crippen LogP contribution is 2.22. The zero-order chi connectivity index (χ0) is 12.4. The fourth-order valence-corrected chi connectivity index (χ4v) is 1.97. The molecule has 0 spiro atoms. The van der Waals surface area contributed by atoms with Crippen LogP contribution in [0.4, 0.5) is 16.2 Å². The van der Waals surface area contributed by atoms with Crippen molar-refractivity contribution < 1.29 is 4.79 Å². The molecular weight excluding hydrogens is 214 g/mol. The Bertz CT molecular complexity index is 400. The van der Waals surface area contributed by atoms with Gasteiger partial charge in [0.1, 0.15) is 0 Å². The number of anilines is 2. The lowest BCUT2D eigenvalue weighted by Crippen LogP contribution is -2.31. The van der Waals surface area contributed by atoms with Crippen LogP contribution in [0.15, 0.2) is 24.3 Å². The van der Waals surface area contributed by atoms with Crippen LogP contribution in [0.1, 0.15) is 13.8 Å². The lowest BCUT2D eigenvalue weighted by atomic mass is 10.1. The molecule has 1 heterocycles. The SMILES string of the molecule is CNc1ccc(N2CC(C(C)C)NC2=O)cc1. The summed E-state index contributed by atoms with van der Waals surface area (Å²) in [5, 5.41) is 6.07. The number of carbonyl (C=O) groups is 1. The summed E-state index contributed by atoms with van der Waals surface area (Å²) < 4.78 is 0. The van der Waals surface area contributed by atoms with E-state index in [0.717, 1.165) is 17.9 Å². The molecular formula is C13H19N3O. The molecule has 0 radical (unpaired) electrons. The predicted molar refractivity (Wildman–Crippen MR) is 70.5 cm³/mol. The maximum absolute atomic E-state index is 11.8. The van der Waals surface area contributed by atoms with Gasteiger partial charge in [-0.2, -0.15) is 0 Å². The van der Waals surface area contributed by atoms with E-state index in [1.54, 1.807) is 4.90 Å². The number of rotatable bonds is 3. The summed E-state index contributed by atoms with van der Waals surface area (Å²) in [4.78, 5) is 13.6. The molecule has 1 aromatic carbocycles. The van der Waals surface area contributed by atoms with Crippen LogP contribution in [0.3, 0.4) is 0 Å². The van der Waals surface area contributed by atoms with Crippen LogP contribution in [-0.2, 0) is 0 Å². The molecule has 4 nitrogen and oxygen atoms in total. The minimum absolute atomic E-state index is 0.000840. The lowest BCUT2D eigenvalue weighted by molar-refractivity contribution is 0.249. The van der Waals surface area contributed by atoms with E-state index in [0.29, 0.717) is 5.92 Å². The van der Waals surface area contributed by atoms with Gasteiger partial charge < -0.3 is 10.6 Å². The highest BCUT2D eigenvalue weighted by molar-refractivity contribution is 5.94. The maximum atomic E-state index is 11.8. The van der Waals surface area contributed by atoms with Crippen molar-refractivity contribution in [3.05, 3.63) is 24.3 Å². The standard InChI is InChI=1S/C13H19N3O/c1-9(2)12-8-16(13(17)15-12)11-6-4-10(14-3)5-7-11/h4-7,9,12,14H,8H2,1-3H3,(H,15,17). The third-order valence-electron chi connectivity index (χ3n) is 3.21. The predicted octanol–water partition coefficient (Wildman–Crippen LogP) is 2.28. The molecule has 4 heteroatoms. The summed E-state index contributed by atoms with van der Waals surface area (Å²) in [5.41, 5.74) is 2.00. The largest absolute Gasteiger partial charge is 0.388 e. The Morgan fingerprint density at radius 1 is 1.35 bits per heavy atom. The van der Waals surface area contributed by atoms with Crippen LogP contribution in [0.2, 0.25) is 0 Å². The lowest BCUT2D eigenvalue weighted by Gasteiger charge is -2.16. The van der Waals surface area contributed by atoms with Gasteiger partial charge in [-0.3, -0.25) is 4.90 Å². The number of hydrogen-bond acceptors (Lipinski definition) is 2. The van der Waals surface area contributed by atoms with E-state index in [1.165, 1.54) is 0 Å². The molecule has 1 fully saturated rings. The van der Waals surface area contributed by atoms with Gasteiger partial charge in [-0.1, -0.05) is 13.8 Å². The minimum Gasteiger partial charge on any atom is -0.388 e. The number of hydrogen-bond donors (Lipinski definition) is 2. The molecule has 17 heavy (non-hydrogen) atoms. The van der Waals surface area contributed by atoms with Crippen molar-refractivity contribution in [2.75, 3.05) is 23.8 Å². The highest BCUT2D eigenvalue weighted by atomic mass is 16.2. The first kappa shape index (κ1) is 11.8. The van der Waals surface area contributed by atoms with E-state index in [4.69, 9.17) is 0 Å². The Morgan fingerprint density at radius 3 is 2.47 bits per heavy atom. The number of nitrogens with one attached hydrogen (secondary N) is 2. The molecule has 1 aliphatic rings. The number of carbonyl (C=O) groups excluding carboxylic acids is 1. The van der Waals surface area contributed by atoms with Gasteiger partial charge in [-0.15, -0.1) is 0 Å². The fraction of sp³-hybridized carbons (Fsp3) is 0.462. The molecule has 1 atom stereocenters. The van der Waals surface area contributed by atoms with Gasteiger partial charge in [-0.25, -0.2) is 4.79 Å². The van der Waals surface area contributed by atoms with Crippen LogP contribution >= 0.6 is 0 Å². The molecule has 92 valence electrons. The molecule has 2 rings (SSSR count). The normalized spacial score (nSPS) is 19.6. The van der Waals surface area contributed by atoms with Crippen LogP contribution in [0.5, 0.6) is 0 Å². The molecule has 1 unspecified atom stereocenters. The Balaban J connectivity index is 2.14. The van der Waals surface area contributed by atoms with Crippen molar-refractivity contribution in [2.45, 2.75) is 19.9 Å². The summed E-state index contributed by atoms with van der Waals surface area (Å²) in [6.45, 7) is 4.99. The second-order valence-corrected chi connectivity index (χ2v) is 4.71. The molecule has 0 aliphatic carbocycles. The Morgan fingerprint density at radius 2 is 2.00 bits per heavy atom. The molecule has 1 aromatic rings. The average molecular weight is 233 g/mol. The molecule has 1 aliphatic heterocycles. The number of nitrogens with zero attached hydrogens (tertiary/aromatic N) is 1. The van der Waals surface area contributed by atoms with Gasteiger partial charge in [0.15, 0.2) is 0 Å². The topological polar surface area (TPSA) is 44.4 Å². The van der Waals surface area contributed by atoms with Crippen LogP contribution < -0.4 is 15.5 Å². The number of amides is 2. The van der Waals surface area contributed by atoms with Crippen LogP contribution in [0, 0.1) is 5.92 Å². The molecule has 2 amide bonds. The summed E-state index contributed by atoms with van der Waals surface area (Å²) in [6, 6.07) is 8.13. The molecule has 0 saturated carbocycles. The summed E-state index contributed by atoms with van der Waals surface area (Å²) in [6.07, 6.45) is 0. The van der Waals surface area contributed by atoms with Crippen LogP contribution in [0.25, 0.3) is 0 Å². The first-order valence-corrected chi connectivity index (χ1v) is 5.97. The average Bonchev–Trinajstić information content (AvgIpc) is 2.72. The van der Waals surface area contributed by atoms with E-state index in [1.807, 2.05) is 31.3 Å². The minimum atomic E-state index is 0.000840. The second kappa shape index (κ2) is 4.65. The van der Waals surface area contributed by atoms with Gasteiger partial charge in [0, 0.05) is 25.0 Å². The smallest absolute Gasteiger partial charge is 0.322 e. The second-order valence-electron chi connectivity index (χ2n) is 4.71. The van der Waals surface area contributed by atoms with Crippen molar-refractivity contribution in [1.82, 2.24) is 5.32 Å². The Kier molecular flexibility index (Phi) is 3.22. The van der Waals surface area contributed by atoms with Crippen LogP contribution in [-0.4, -0.2) is 25.7 Å². The van der Waals surface area contributed by atoms with Gasteiger partial charge in [0.05, 0.1) is 6.04 Å². The highest BCUT2D eigenvalue weighted by Gasteiger charge is 2.31. The number of benzene rings is 1. The zero-order valence-corrected chi connectivity index (χ0v) is 10.5. The van der Waals surface area contributed by atoms with Crippen molar-refractivity contribution in [2.24, 2.45) is 5.92 Å². The van der Waals surface area contributed by atoms with Gasteiger partial charge in [0.25, 0.3) is 0 Å². The Labute approximate surface area is 102 Å². The molecule has 0 aromatic heterocycles. The molecule has 1 saturated heterocycles. The van der Waals surface area contributed by atoms with Crippen molar-refractivity contribution in [3.8, 4) is 0 Å². The van der Waals surface area contributed by atoms with E-state index >= 15 is 0 Å². The van der Waals surface area contributed by atoms with Gasteiger partial charge in [0.2, 0.25) is 0 Å². The molecule has 0 bridgehead atoms. The number of urea groups is 1. The quantitative estimate of drug-likeness (QED) is 0.841. The summed E-state index contributed by atoms with van der Waals surface area (Å²) >= 11 is 0. The molecule has 2 N–H and O–H groups in total. The summed E-state index contributed by atoms with van der Waals surface area (Å²) in [7, 11) is 1.88. The third-order valence-corrected chi connectivity index (χ3v) is 3.21. The monoisotopic (exact) mass is 233 g/mol. The van der Waals surface area contributed by atoms with Gasteiger partial charge in [-0.05, 0) is 30.2 Å². The van der Waals surface area contributed by atoms with E-state index < -0.39 is 0 Å².